The molecular formula is C16H19N3O3S2. The first-order valence-electron chi connectivity index (χ1n) is 7.96. The molecule has 1 heterocycles. The van der Waals surface area contributed by atoms with E-state index in [1.165, 1.54) is 6.42 Å². The van der Waals surface area contributed by atoms with Crippen LogP contribution in [-0.2, 0) is 20.4 Å². The molecule has 0 spiro atoms. The topological polar surface area (TPSA) is 89.0 Å². The molecule has 0 radical (unpaired) electrons. The van der Waals surface area contributed by atoms with Crippen molar-refractivity contribution in [3.8, 4) is 0 Å². The molecule has 1 saturated carbocycles. The third-order valence-corrected chi connectivity index (χ3v) is 6.75. The van der Waals surface area contributed by atoms with Crippen LogP contribution in [0.1, 0.15) is 37.1 Å². The number of sulfone groups is 1. The summed E-state index contributed by atoms with van der Waals surface area (Å²) >= 11 is 1.11. The van der Waals surface area contributed by atoms with E-state index in [0.717, 1.165) is 37.0 Å². The van der Waals surface area contributed by atoms with Crippen molar-refractivity contribution >= 4 is 32.2 Å². The zero-order valence-electron chi connectivity index (χ0n) is 13.1. The van der Waals surface area contributed by atoms with E-state index < -0.39 is 9.84 Å². The second-order valence-corrected chi connectivity index (χ2v) is 8.95. The minimum atomic E-state index is -3.45. The lowest BCUT2D eigenvalue weighted by Crippen LogP contribution is -2.24. The van der Waals surface area contributed by atoms with Crippen molar-refractivity contribution in [2.45, 2.75) is 42.8 Å². The van der Waals surface area contributed by atoms with Gasteiger partial charge in [0.2, 0.25) is 11.0 Å². The fourth-order valence-corrected chi connectivity index (χ4v) is 5.17. The summed E-state index contributed by atoms with van der Waals surface area (Å²) in [6.07, 6.45) is 5.15. The molecule has 8 heteroatoms. The molecule has 0 bridgehead atoms. The maximum absolute atomic E-state index is 12.3. The lowest BCUT2D eigenvalue weighted by molar-refractivity contribution is -0.120. The highest BCUT2D eigenvalue weighted by Gasteiger charge is 2.23. The van der Waals surface area contributed by atoms with Gasteiger partial charge in [-0.2, -0.15) is 0 Å². The van der Waals surface area contributed by atoms with Crippen molar-refractivity contribution in [3.63, 3.8) is 0 Å². The molecule has 1 N–H and O–H groups in total. The van der Waals surface area contributed by atoms with Crippen LogP contribution in [0, 0.1) is 5.92 Å². The Balaban J connectivity index is 1.64. The van der Waals surface area contributed by atoms with Gasteiger partial charge in [-0.3, -0.25) is 4.79 Å². The van der Waals surface area contributed by atoms with E-state index in [1.807, 2.05) is 0 Å². The van der Waals surface area contributed by atoms with Gasteiger partial charge in [0.15, 0.2) is 9.84 Å². The van der Waals surface area contributed by atoms with Crippen LogP contribution in [0.4, 0.5) is 5.13 Å². The Hall–Kier alpha value is -1.80. The van der Waals surface area contributed by atoms with Gasteiger partial charge in [-0.15, -0.1) is 10.2 Å². The van der Waals surface area contributed by atoms with Crippen molar-refractivity contribution in [2.24, 2.45) is 5.92 Å². The van der Waals surface area contributed by atoms with Gasteiger partial charge in [-0.1, -0.05) is 48.8 Å². The van der Waals surface area contributed by atoms with Gasteiger partial charge in [0, 0.05) is 5.92 Å². The molecule has 2 aromatic rings. The first-order valence-corrected chi connectivity index (χ1v) is 10.4. The molecule has 1 aliphatic rings. The molecule has 24 heavy (non-hydrogen) atoms. The van der Waals surface area contributed by atoms with Crippen molar-refractivity contribution in [1.29, 1.82) is 0 Å². The van der Waals surface area contributed by atoms with Crippen molar-refractivity contribution < 1.29 is 13.2 Å². The number of aromatic nitrogens is 2. The number of carbonyl (C=O) groups excluding carboxylic acids is 1. The third-order valence-electron chi connectivity index (χ3n) is 4.09. The fraction of sp³-hybridized carbons (Fsp3) is 0.438. The summed E-state index contributed by atoms with van der Waals surface area (Å²) < 4.78 is 24.7. The minimum Gasteiger partial charge on any atom is -0.300 e. The van der Waals surface area contributed by atoms with Gasteiger partial charge in [0.1, 0.15) is 10.8 Å². The van der Waals surface area contributed by atoms with Gasteiger partial charge in [-0.05, 0) is 25.0 Å². The number of carbonyl (C=O) groups is 1. The lowest BCUT2D eigenvalue weighted by atomic mass is 9.89. The maximum Gasteiger partial charge on any atom is 0.229 e. The second kappa shape index (κ2) is 7.40. The van der Waals surface area contributed by atoms with Gasteiger partial charge in [0.05, 0.1) is 4.90 Å². The fourth-order valence-electron chi connectivity index (χ4n) is 2.81. The van der Waals surface area contributed by atoms with Crippen LogP contribution in [0.5, 0.6) is 0 Å². The van der Waals surface area contributed by atoms with E-state index in [9.17, 15) is 13.2 Å². The zero-order chi connectivity index (χ0) is 17.0. The highest BCUT2D eigenvalue weighted by molar-refractivity contribution is 7.90. The van der Waals surface area contributed by atoms with Crippen LogP contribution in [0.2, 0.25) is 0 Å². The largest absolute Gasteiger partial charge is 0.300 e. The molecule has 1 aromatic heterocycles. The summed E-state index contributed by atoms with van der Waals surface area (Å²) in [6.45, 7) is 0. The first-order chi connectivity index (χ1) is 11.5. The molecule has 1 aromatic carbocycles. The van der Waals surface area contributed by atoms with Gasteiger partial charge < -0.3 is 5.32 Å². The summed E-state index contributed by atoms with van der Waals surface area (Å²) in [6, 6.07) is 8.25. The van der Waals surface area contributed by atoms with Crippen molar-refractivity contribution in [2.75, 3.05) is 5.32 Å². The van der Waals surface area contributed by atoms with Crippen LogP contribution in [0.15, 0.2) is 35.2 Å². The number of rotatable bonds is 5. The van der Waals surface area contributed by atoms with Crippen LogP contribution >= 0.6 is 11.3 Å². The maximum atomic E-state index is 12.3. The van der Waals surface area contributed by atoms with Crippen LogP contribution in [-0.4, -0.2) is 24.5 Å². The van der Waals surface area contributed by atoms with E-state index in [0.29, 0.717) is 10.1 Å². The van der Waals surface area contributed by atoms with Crippen molar-refractivity contribution in [1.82, 2.24) is 10.2 Å². The predicted octanol–water partition coefficient (Wildman–Crippen LogP) is 3.03. The number of benzene rings is 1. The number of hydrogen-bond acceptors (Lipinski definition) is 6. The molecule has 0 saturated heterocycles. The molecule has 1 fully saturated rings. The summed E-state index contributed by atoms with van der Waals surface area (Å²) in [5.41, 5.74) is 0. The standard InChI is InChI=1S/C16H19N3O3S2/c20-15(12-7-3-1-4-8-12)17-16-19-18-14(23-16)11-24(21,22)13-9-5-2-6-10-13/h2,5-6,9-10,12H,1,3-4,7-8,11H2,(H,17,19,20). The summed E-state index contributed by atoms with van der Waals surface area (Å²) in [5.74, 6) is -0.226. The highest BCUT2D eigenvalue weighted by atomic mass is 32.2. The smallest absolute Gasteiger partial charge is 0.229 e. The summed E-state index contributed by atoms with van der Waals surface area (Å²) in [7, 11) is -3.45. The van der Waals surface area contributed by atoms with Gasteiger partial charge in [0.25, 0.3) is 0 Å². The van der Waals surface area contributed by atoms with E-state index in [1.54, 1.807) is 30.3 Å². The zero-order valence-corrected chi connectivity index (χ0v) is 14.8. The Labute approximate surface area is 145 Å². The average molecular weight is 365 g/mol. The molecule has 3 rings (SSSR count). The van der Waals surface area contributed by atoms with Crippen LogP contribution in [0.25, 0.3) is 0 Å². The second-order valence-electron chi connectivity index (χ2n) is 5.90. The third kappa shape index (κ3) is 4.18. The predicted molar refractivity (Wildman–Crippen MR) is 92.4 cm³/mol. The lowest BCUT2D eigenvalue weighted by Gasteiger charge is -2.19. The quantitative estimate of drug-likeness (QED) is 0.880. The Morgan fingerprint density at radius 2 is 1.83 bits per heavy atom. The molecule has 1 amide bonds. The highest BCUT2D eigenvalue weighted by Crippen LogP contribution is 2.26. The Morgan fingerprint density at radius 1 is 1.12 bits per heavy atom. The van der Waals surface area contributed by atoms with E-state index in [2.05, 4.69) is 15.5 Å². The molecular weight excluding hydrogens is 346 g/mol. The molecule has 6 nitrogen and oxygen atoms in total. The molecule has 0 atom stereocenters. The number of hydrogen-bond donors (Lipinski definition) is 1. The Morgan fingerprint density at radius 3 is 2.54 bits per heavy atom. The minimum absolute atomic E-state index is 0.0270. The summed E-state index contributed by atoms with van der Waals surface area (Å²) in [4.78, 5) is 12.5. The Bertz CT molecular complexity index is 797. The number of amides is 1. The van der Waals surface area contributed by atoms with E-state index in [-0.39, 0.29) is 22.5 Å². The summed E-state index contributed by atoms with van der Waals surface area (Å²) in [5, 5.41) is 11.3. The first kappa shape index (κ1) is 17.0. The normalized spacial score (nSPS) is 16.0. The van der Waals surface area contributed by atoms with E-state index >= 15 is 0 Å². The monoisotopic (exact) mass is 365 g/mol. The van der Waals surface area contributed by atoms with Crippen LogP contribution < -0.4 is 5.32 Å². The van der Waals surface area contributed by atoms with Crippen LogP contribution in [0.3, 0.4) is 0 Å². The number of nitrogens with zero attached hydrogens (tertiary/aromatic N) is 2. The molecule has 128 valence electrons. The molecule has 0 aliphatic heterocycles. The van der Waals surface area contributed by atoms with E-state index in [4.69, 9.17) is 0 Å². The number of nitrogens with one attached hydrogen (secondary N) is 1. The Kier molecular flexibility index (Phi) is 5.25. The average Bonchev–Trinajstić information content (AvgIpc) is 3.02. The molecule has 0 unspecified atom stereocenters. The van der Waals surface area contributed by atoms with Crippen molar-refractivity contribution in [3.05, 3.63) is 35.3 Å². The van der Waals surface area contributed by atoms with Gasteiger partial charge in [-0.25, -0.2) is 8.42 Å². The SMILES string of the molecule is O=C(Nc1nnc(CS(=O)(=O)c2ccccc2)s1)C1CCCCC1. The number of anilines is 1. The van der Waals surface area contributed by atoms with Gasteiger partial charge >= 0.3 is 0 Å². The molecule has 1 aliphatic carbocycles.